The van der Waals surface area contributed by atoms with E-state index in [0.717, 1.165) is 57.0 Å². The van der Waals surface area contributed by atoms with Crippen LogP contribution in [0.15, 0.2) is 42.7 Å². The highest BCUT2D eigenvalue weighted by Gasteiger charge is 2.39. The fourth-order valence-electron chi connectivity index (χ4n) is 5.62. The van der Waals surface area contributed by atoms with Gasteiger partial charge in [-0.2, -0.15) is 5.26 Å². The van der Waals surface area contributed by atoms with Crippen LogP contribution in [0.3, 0.4) is 0 Å². The quantitative estimate of drug-likeness (QED) is 0.677. The number of nitrogens with zero attached hydrogens (tertiary/aromatic N) is 6. The van der Waals surface area contributed by atoms with Crippen LogP contribution < -0.4 is 15.1 Å². The van der Waals surface area contributed by atoms with Gasteiger partial charge in [-0.25, -0.2) is 0 Å². The number of rotatable bonds is 2. The molecule has 7 heteroatoms. The predicted molar refractivity (Wildman–Crippen MR) is 126 cm³/mol. The van der Waals surface area contributed by atoms with Crippen LogP contribution in [-0.4, -0.2) is 60.2 Å². The minimum Gasteiger partial charge on any atom is -0.369 e. The molecule has 0 aliphatic carbocycles. The second kappa shape index (κ2) is 7.73. The van der Waals surface area contributed by atoms with Crippen molar-refractivity contribution in [3.8, 4) is 6.07 Å². The lowest BCUT2D eigenvalue weighted by Crippen LogP contribution is -2.51. The molecular weight excluding hydrogens is 398 g/mol. The van der Waals surface area contributed by atoms with E-state index in [4.69, 9.17) is 0 Å². The van der Waals surface area contributed by atoms with Gasteiger partial charge >= 0.3 is 0 Å². The predicted octanol–water partition coefficient (Wildman–Crippen LogP) is 2.68. The van der Waals surface area contributed by atoms with E-state index in [1.807, 2.05) is 12.1 Å². The Morgan fingerprint density at radius 1 is 1.00 bits per heavy atom. The van der Waals surface area contributed by atoms with Crippen LogP contribution in [0.2, 0.25) is 0 Å². The summed E-state index contributed by atoms with van der Waals surface area (Å²) in [4.78, 5) is 16.6. The minimum atomic E-state index is 0.369. The highest BCUT2D eigenvalue weighted by Crippen LogP contribution is 2.42. The van der Waals surface area contributed by atoms with Gasteiger partial charge in [-0.1, -0.05) is 6.07 Å². The van der Waals surface area contributed by atoms with Crippen molar-refractivity contribution < 1.29 is 0 Å². The summed E-state index contributed by atoms with van der Waals surface area (Å²) in [6, 6.07) is 14.0. The molecule has 7 nitrogen and oxygen atoms in total. The molecule has 3 aromatic rings. The molecule has 2 atom stereocenters. The molecule has 3 aliphatic heterocycles. The van der Waals surface area contributed by atoms with Crippen LogP contribution in [-0.2, 0) is 6.54 Å². The molecule has 0 saturated carbocycles. The maximum atomic E-state index is 9.48. The van der Waals surface area contributed by atoms with Crippen molar-refractivity contribution >= 4 is 22.4 Å². The number of nitriles is 1. The molecule has 1 N–H and O–H groups in total. The highest BCUT2D eigenvalue weighted by atomic mass is 15.3. The molecule has 2 fully saturated rings. The zero-order valence-electron chi connectivity index (χ0n) is 18.3. The largest absolute Gasteiger partial charge is 0.369 e. The van der Waals surface area contributed by atoms with Crippen molar-refractivity contribution in [1.29, 1.82) is 5.26 Å². The van der Waals surface area contributed by atoms with Gasteiger partial charge < -0.3 is 15.1 Å². The maximum Gasteiger partial charge on any atom is 0.113 e. The van der Waals surface area contributed by atoms with Gasteiger partial charge in [-0.05, 0) is 42.3 Å². The molecule has 4 heterocycles. The fourth-order valence-corrected chi connectivity index (χ4v) is 5.62. The molecule has 2 saturated heterocycles. The monoisotopic (exact) mass is 425 g/mol. The normalized spacial score (nSPS) is 23.1. The summed E-state index contributed by atoms with van der Waals surface area (Å²) in [6.07, 6.45) is 3.38. The number of fused-ring (bicyclic) bond motifs is 4. The lowest BCUT2D eigenvalue weighted by Gasteiger charge is -2.43. The number of aromatic nitrogens is 2. The third-order valence-corrected chi connectivity index (χ3v) is 7.23. The summed E-state index contributed by atoms with van der Waals surface area (Å²) in [5.41, 5.74) is 7.42. The van der Waals surface area contributed by atoms with E-state index in [1.165, 1.54) is 16.8 Å². The summed E-state index contributed by atoms with van der Waals surface area (Å²) >= 11 is 0. The molecule has 0 radical (unpaired) electrons. The molecule has 0 bridgehead atoms. The van der Waals surface area contributed by atoms with Crippen molar-refractivity contribution in [2.45, 2.75) is 25.6 Å². The number of piperazine rings is 2. The van der Waals surface area contributed by atoms with Gasteiger partial charge in [0.05, 0.1) is 17.3 Å². The third-order valence-electron chi connectivity index (χ3n) is 7.23. The fraction of sp³-hybridized carbons (Fsp3) is 0.400. The van der Waals surface area contributed by atoms with Gasteiger partial charge in [0.15, 0.2) is 0 Å². The highest BCUT2D eigenvalue weighted by molar-refractivity contribution is 5.92. The Morgan fingerprint density at radius 3 is 2.62 bits per heavy atom. The minimum absolute atomic E-state index is 0.369. The smallest absolute Gasteiger partial charge is 0.113 e. The second-order valence-electron chi connectivity index (χ2n) is 9.06. The summed E-state index contributed by atoms with van der Waals surface area (Å²) in [5, 5.41) is 12.9. The van der Waals surface area contributed by atoms with Gasteiger partial charge in [0.1, 0.15) is 17.1 Å². The third kappa shape index (κ3) is 3.10. The Hall–Kier alpha value is -3.21. The van der Waals surface area contributed by atoms with E-state index in [9.17, 15) is 5.26 Å². The number of nitrogens with one attached hydrogen (secondary N) is 1. The summed E-state index contributed by atoms with van der Waals surface area (Å²) in [6.45, 7) is 9.45. The number of anilines is 2. The van der Waals surface area contributed by atoms with E-state index in [0.29, 0.717) is 23.2 Å². The van der Waals surface area contributed by atoms with Gasteiger partial charge in [-0.15, -0.1) is 0 Å². The summed E-state index contributed by atoms with van der Waals surface area (Å²) < 4.78 is 0. The Bertz CT molecular complexity index is 1210. The zero-order valence-corrected chi connectivity index (χ0v) is 18.3. The van der Waals surface area contributed by atoms with E-state index in [-0.39, 0.29) is 0 Å². The molecule has 0 amide bonds. The Balaban J connectivity index is 1.33. The second-order valence-corrected chi connectivity index (χ2v) is 9.06. The van der Waals surface area contributed by atoms with E-state index in [2.05, 4.69) is 61.2 Å². The van der Waals surface area contributed by atoms with E-state index < -0.39 is 0 Å². The average Bonchev–Trinajstić information content (AvgIpc) is 3.22. The zero-order chi connectivity index (χ0) is 21.7. The first-order valence-corrected chi connectivity index (χ1v) is 11.5. The molecule has 6 rings (SSSR count). The SMILES string of the molecule is C[C@@H]1CN(c2ccc(C#N)c3nccnc23)C[C@@H]2c3ccc(N4CCNCC4)cc3CN12. The molecule has 0 unspecified atom stereocenters. The first-order chi connectivity index (χ1) is 15.7. The molecule has 162 valence electrons. The number of hydrogen-bond acceptors (Lipinski definition) is 7. The first kappa shape index (κ1) is 19.5. The molecule has 1 aromatic heterocycles. The van der Waals surface area contributed by atoms with Crippen LogP contribution in [0.4, 0.5) is 11.4 Å². The molecular formula is C25H27N7. The molecule has 3 aliphatic rings. The van der Waals surface area contributed by atoms with Gasteiger partial charge in [-0.3, -0.25) is 14.9 Å². The summed E-state index contributed by atoms with van der Waals surface area (Å²) in [5.74, 6) is 0. The topological polar surface area (TPSA) is 71.3 Å². The van der Waals surface area contributed by atoms with E-state index >= 15 is 0 Å². The van der Waals surface area contributed by atoms with Crippen molar-refractivity contribution in [2.24, 2.45) is 0 Å². The first-order valence-electron chi connectivity index (χ1n) is 11.5. The van der Waals surface area contributed by atoms with Crippen LogP contribution in [0.5, 0.6) is 0 Å². The van der Waals surface area contributed by atoms with Crippen LogP contribution in [0, 0.1) is 11.3 Å². The van der Waals surface area contributed by atoms with Crippen LogP contribution >= 0.6 is 0 Å². The summed E-state index contributed by atoms with van der Waals surface area (Å²) in [7, 11) is 0. The Morgan fingerprint density at radius 2 is 1.81 bits per heavy atom. The standard InChI is InChI=1S/C25H27N7/c1-17-14-31(22-5-2-18(13-26)24-25(22)29-7-6-28-24)16-23-21-4-3-20(12-19(21)15-32(17)23)30-10-8-27-9-11-30/h2-7,12,17,23,27H,8-11,14-16H2,1H3/t17-,23-/m1/s1. The number of benzene rings is 2. The van der Waals surface area contributed by atoms with Crippen molar-refractivity contribution in [3.05, 3.63) is 59.4 Å². The molecule has 0 spiro atoms. The van der Waals surface area contributed by atoms with Crippen molar-refractivity contribution in [1.82, 2.24) is 20.2 Å². The van der Waals surface area contributed by atoms with E-state index in [1.54, 1.807) is 12.4 Å². The Kier molecular flexibility index (Phi) is 4.71. The van der Waals surface area contributed by atoms with Gasteiger partial charge in [0.25, 0.3) is 0 Å². The lowest BCUT2D eigenvalue weighted by molar-refractivity contribution is 0.134. The van der Waals surface area contributed by atoms with Gasteiger partial charge in [0.2, 0.25) is 0 Å². The Labute approximate surface area is 188 Å². The lowest BCUT2D eigenvalue weighted by atomic mass is 10.00. The van der Waals surface area contributed by atoms with Crippen molar-refractivity contribution in [3.63, 3.8) is 0 Å². The molecule has 32 heavy (non-hydrogen) atoms. The van der Waals surface area contributed by atoms with Crippen molar-refractivity contribution in [2.75, 3.05) is 49.1 Å². The number of hydrogen-bond donors (Lipinski definition) is 1. The van der Waals surface area contributed by atoms with Crippen LogP contribution in [0.25, 0.3) is 11.0 Å². The maximum absolute atomic E-state index is 9.48. The van der Waals surface area contributed by atoms with Crippen LogP contribution in [0.1, 0.15) is 29.7 Å². The van der Waals surface area contributed by atoms with Gasteiger partial charge in [0, 0.05) is 69.9 Å². The average molecular weight is 426 g/mol. The molecule has 2 aromatic carbocycles.